The number of hydrogen-bond acceptors (Lipinski definition) is 2. The summed E-state index contributed by atoms with van der Waals surface area (Å²) >= 11 is 2.02. The van der Waals surface area contributed by atoms with Crippen LogP contribution < -0.4 is 5.32 Å². The van der Waals surface area contributed by atoms with Gasteiger partial charge in [0.25, 0.3) is 0 Å². The van der Waals surface area contributed by atoms with Gasteiger partial charge >= 0.3 is 0 Å². The Kier molecular flexibility index (Phi) is 2.16. The number of nitrogens with one attached hydrogen (secondary N) is 1. The molecule has 70 valence electrons. The maximum absolute atomic E-state index is 3.68. The van der Waals surface area contributed by atoms with Crippen LogP contribution in [0.15, 0.2) is 0 Å². The highest BCUT2D eigenvalue weighted by Gasteiger charge is 2.52. The van der Waals surface area contributed by atoms with E-state index in [0.29, 0.717) is 10.3 Å². The van der Waals surface area contributed by atoms with Crippen molar-refractivity contribution in [1.29, 1.82) is 0 Å². The van der Waals surface area contributed by atoms with Crippen LogP contribution in [0.5, 0.6) is 0 Å². The molecular weight excluding hydrogens is 166 g/mol. The van der Waals surface area contributed by atoms with Gasteiger partial charge in [0.1, 0.15) is 0 Å². The average Bonchev–Trinajstić information content (AvgIpc) is 2.64. The molecule has 0 aromatic rings. The van der Waals surface area contributed by atoms with Crippen molar-refractivity contribution in [3.8, 4) is 0 Å². The van der Waals surface area contributed by atoms with Crippen LogP contribution in [-0.4, -0.2) is 17.7 Å². The van der Waals surface area contributed by atoms with Gasteiger partial charge in [0.2, 0.25) is 0 Å². The van der Waals surface area contributed by atoms with Gasteiger partial charge < -0.3 is 5.32 Å². The van der Waals surface area contributed by atoms with E-state index >= 15 is 0 Å². The van der Waals surface area contributed by atoms with Gasteiger partial charge in [-0.25, -0.2) is 0 Å². The van der Waals surface area contributed by atoms with Gasteiger partial charge in [-0.2, -0.15) is 0 Å². The van der Waals surface area contributed by atoms with Gasteiger partial charge in [0, 0.05) is 0 Å². The predicted octanol–water partition coefficient (Wildman–Crippen LogP) is 2.62. The quantitative estimate of drug-likeness (QED) is 0.674. The van der Waals surface area contributed by atoms with Crippen LogP contribution in [0.2, 0.25) is 0 Å². The summed E-state index contributed by atoms with van der Waals surface area (Å²) in [6.07, 6.45) is 9.48. The second-order valence-electron chi connectivity index (χ2n) is 4.40. The van der Waals surface area contributed by atoms with E-state index in [0.717, 1.165) is 0 Å². The third kappa shape index (κ3) is 1.04. The zero-order valence-electron chi connectivity index (χ0n) is 8.15. The van der Waals surface area contributed by atoms with E-state index in [1.54, 1.807) is 0 Å². The molecule has 0 amide bonds. The first-order chi connectivity index (χ1) is 5.72. The van der Waals surface area contributed by atoms with Gasteiger partial charge in [-0.15, -0.1) is 11.8 Å². The van der Waals surface area contributed by atoms with Crippen molar-refractivity contribution in [2.24, 2.45) is 5.41 Å². The Bertz CT molecular complexity index is 169. The Labute approximate surface area is 79.7 Å². The summed E-state index contributed by atoms with van der Waals surface area (Å²) in [6.45, 7) is 3.63. The Morgan fingerprint density at radius 3 is 2.42 bits per heavy atom. The maximum Gasteiger partial charge on any atom is 0.0671 e. The second kappa shape index (κ2) is 2.91. The number of hydrogen-bond donors (Lipinski definition) is 1. The number of rotatable bonds is 1. The van der Waals surface area contributed by atoms with Crippen molar-refractivity contribution in [3.63, 3.8) is 0 Å². The van der Waals surface area contributed by atoms with Crippen LogP contribution in [0.25, 0.3) is 0 Å². The summed E-state index contributed by atoms with van der Waals surface area (Å²) in [4.78, 5) is 0.378. The van der Waals surface area contributed by atoms with Crippen molar-refractivity contribution >= 4 is 11.8 Å². The zero-order valence-corrected chi connectivity index (χ0v) is 8.97. The van der Waals surface area contributed by atoms with E-state index < -0.39 is 0 Å². The molecule has 0 aromatic carbocycles. The fourth-order valence-corrected chi connectivity index (χ4v) is 4.02. The molecule has 1 heterocycles. The monoisotopic (exact) mass is 185 g/mol. The van der Waals surface area contributed by atoms with Crippen LogP contribution in [0.3, 0.4) is 0 Å². The molecule has 1 nitrogen and oxygen atoms in total. The molecule has 2 heteroatoms. The minimum Gasteiger partial charge on any atom is -0.303 e. The fourth-order valence-electron chi connectivity index (χ4n) is 3.03. The van der Waals surface area contributed by atoms with Crippen molar-refractivity contribution in [1.82, 2.24) is 5.32 Å². The molecule has 1 saturated carbocycles. The smallest absolute Gasteiger partial charge is 0.0671 e. The van der Waals surface area contributed by atoms with Crippen LogP contribution in [0.1, 0.15) is 39.0 Å². The highest BCUT2D eigenvalue weighted by molar-refractivity contribution is 7.99. The van der Waals surface area contributed by atoms with E-state index in [-0.39, 0.29) is 0 Å². The molecular formula is C10H19NS. The van der Waals surface area contributed by atoms with Crippen LogP contribution in [0, 0.1) is 5.41 Å². The molecule has 1 N–H and O–H groups in total. The largest absolute Gasteiger partial charge is 0.303 e. The summed E-state index contributed by atoms with van der Waals surface area (Å²) < 4.78 is 0. The van der Waals surface area contributed by atoms with E-state index in [4.69, 9.17) is 0 Å². The van der Waals surface area contributed by atoms with E-state index in [9.17, 15) is 0 Å². The van der Waals surface area contributed by atoms with E-state index in [1.165, 1.54) is 38.6 Å². The van der Waals surface area contributed by atoms with E-state index in [2.05, 4.69) is 18.5 Å². The lowest BCUT2D eigenvalue weighted by Crippen LogP contribution is -2.44. The molecule has 0 aromatic heterocycles. The zero-order chi connectivity index (χ0) is 8.66. The minimum atomic E-state index is 0.378. The summed E-state index contributed by atoms with van der Waals surface area (Å²) in [7, 11) is 0. The Balaban J connectivity index is 2.22. The van der Waals surface area contributed by atoms with Crippen molar-refractivity contribution in [2.75, 3.05) is 12.8 Å². The van der Waals surface area contributed by atoms with Crippen molar-refractivity contribution < 1.29 is 0 Å². The van der Waals surface area contributed by atoms with Crippen LogP contribution in [-0.2, 0) is 0 Å². The van der Waals surface area contributed by atoms with Crippen molar-refractivity contribution in [3.05, 3.63) is 0 Å². The molecule has 0 bridgehead atoms. The lowest BCUT2D eigenvalue weighted by molar-refractivity contribution is 0.243. The topological polar surface area (TPSA) is 12.0 Å². The second-order valence-corrected chi connectivity index (χ2v) is 5.63. The molecule has 2 aliphatic rings. The van der Waals surface area contributed by atoms with Gasteiger partial charge in [-0.05, 0) is 44.4 Å². The fraction of sp³-hybridized carbons (Fsp3) is 1.00. The Morgan fingerprint density at radius 1 is 1.17 bits per heavy atom. The third-order valence-electron chi connectivity index (χ3n) is 4.05. The molecule has 1 atom stereocenters. The Morgan fingerprint density at radius 2 is 1.83 bits per heavy atom. The van der Waals surface area contributed by atoms with Gasteiger partial charge in [-0.3, -0.25) is 0 Å². The molecule has 1 spiro atoms. The molecule has 12 heavy (non-hydrogen) atoms. The first-order valence-corrected chi connectivity index (χ1v) is 6.25. The molecule has 1 saturated heterocycles. The van der Waals surface area contributed by atoms with Gasteiger partial charge in [-0.1, -0.05) is 12.8 Å². The van der Waals surface area contributed by atoms with Crippen molar-refractivity contribution in [2.45, 2.75) is 43.9 Å². The molecule has 2 rings (SSSR count). The SMILES string of the molecule is CSC1(C)NCCC12CCCC2. The summed E-state index contributed by atoms with van der Waals surface area (Å²) in [5, 5.41) is 3.68. The first-order valence-electron chi connectivity index (χ1n) is 5.03. The average molecular weight is 185 g/mol. The molecule has 1 aliphatic carbocycles. The summed E-state index contributed by atoms with van der Waals surface area (Å²) in [5.74, 6) is 0. The number of thioether (sulfide) groups is 1. The highest BCUT2D eigenvalue weighted by Crippen LogP contribution is 2.55. The highest BCUT2D eigenvalue weighted by atomic mass is 32.2. The first kappa shape index (κ1) is 8.89. The normalized spacial score (nSPS) is 39.5. The Hall–Kier alpha value is 0.310. The minimum absolute atomic E-state index is 0.378. The molecule has 2 fully saturated rings. The maximum atomic E-state index is 3.68. The molecule has 0 radical (unpaired) electrons. The summed E-state index contributed by atoms with van der Waals surface area (Å²) in [6, 6.07) is 0. The third-order valence-corrected chi connectivity index (χ3v) is 5.44. The van der Waals surface area contributed by atoms with Gasteiger partial charge in [0.15, 0.2) is 0 Å². The van der Waals surface area contributed by atoms with E-state index in [1.807, 2.05) is 11.8 Å². The van der Waals surface area contributed by atoms with Crippen LogP contribution >= 0.6 is 11.8 Å². The van der Waals surface area contributed by atoms with Gasteiger partial charge in [0.05, 0.1) is 4.87 Å². The molecule has 1 aliphatic heterocycles. The molecule has 1 unspecified atom stereocenters. The predicted molar refractivity (Wildman–Crippen MR) is 55.4 cm³/mol. The standard InChI is InChI=1S/C10H19NS/c1-9(12-2)10(7-8-11-9)5-3-4-6-10/h11H,3-8H2,1-2H3. The van der Waals surface area contributed by atoms with Crippen LogP contribution in [0.4, 0.5) is 0 Å². The lowest BCUT2D eigenvalue weighted by atomic mass is 9.79. The lowest BCUT2D eigenvalue weighted by Gasteiger charge is -2.39. The summed E-state index contributed by atoms with van der Waals surface area (Å²) in [5.41, 5.74) is 0.645.